The fraction of sp³-hybridized carbons (Fsp3) is 0.424. The number of piperazine rings is 1. The molecular weight excluding hydrogens is 604 g/mol. The SMILES string of the molecule is CCC/C=C/CC1(C(=O)N2CCN(C(=O)NCC)CC2)CC(=O)N(Cc2ccc(Cl)c(F)c2)C1.Clc1ccc2cc[nH]c2c1. The summed E-state index contributed by atoms with van der Waals surface area (Å²) in [5.74, 6) is -0.698. The number of aromatic nitrogens is 1. The van der Waals surface area contributed by atoms with Crippen LogP contribution in [0, 0.1) is 11.2 Å². The van der Waals surface area contributed by atoms with Crippen molar-refractivity contribution < 1.29 is 18.8 Å². The predicted octanol–water partition coefficient (Wildman–Crippen LogP) is 6.64. The Balaban J connectivity index is 0.000000369. The molecule has 236 valence electrons. The zero-order chi connectivity index (χ0) is 31.7. The molecule has 8 nitrogen and oxygen atoms in total. The first-order valence-corrected chi connectivity index (χ1v) is 15.8. The monoisotopic (exact) mass is 643 g/mol. The van der Waals surface area contributed by atoms with E-state index in [1.54, 1.807) is 20.8 Å². The molecule has 44 heavy (non-hydrogen) atoms. The zero-order valence-electron chi connectivity index (χ0n) is 25.3. The quantitative estimate of drug-likeness (QED) is 0.270. The van der Waals surface area contributed by atoms with Crippen LogP contribution in [0.4, 0.5) is 9.18 Å². The minimum atomic E-state index is -0.861. The Morgan fingerprint density at radius 1 is 1.02 bits per heavy atom. The average Bonchev–Trinajstić information content (AvgIpc) is 3.61. The minimum Gasteiger partial charge on any atom is -0.361 e. The summed E-state index contributed by atoms with van der Waals surface area (Å²) in [4.78, 5) is 47.1. The van der Waals surface area contributed by atoms with Crippen LogP contribution in [0.2, 0.25) is 10.0 Å². The zero-order valence-corrected chi connectivity index (χ0v) is 26.8. The van der Waals surface area contributed by atoms with E-state index in [9.17, 15) is 18.8 Å². The van der Waals surface area contributed by atoms with Gasteiger partial charge < -0.3 is 25.0 Å². The molecule has 2 aromatic carbocycles. The van der Waals surface area contributed by atoms with E-state index >= 15 is 0 Å². The molecule has 2 aliphatic heterocycles. The third-order valence-electron chi connectivity index (χ3n) is 7.98. The van der Waals surface area contributed by atoms with E-state index in [0.29, 0.717) is 44.7 Å². The van der Waals surface area contributed by atoms with Gasteiger partial charge in [-0.3, -0.25) is 9.59 Å². The van der Waals surface area contributed by atoms with Gasteiger partial charge >= 0.3 is 6.03 Å². The molecule has 2 N–H and O–H groups in total. The number of carbonyl (C=O) groups excluding carboxylic acids is 3. The van der Waals surface area contributed by atoms with Gasteiger partial charge in [-0.2, -0.15) is 0 Å². The molecule has 2 saturated heterocycles. The lowest BCUT2D eigenvalue weighted by atomic mass is 9.81. The summed E-state index contributed by atoms with van der Waals surface area (Å²) in [5.41, 5.74) is 0.864. The molecule has 5 rings (SSSR count). The molecule has 3 heterocycles. The van der Waals surface area contributed by atoms with Crippen LogP contribution in [0.1, 0.15) is 45.1 Å². The Bertz CT molecular complexity index is 1490. The Hall–Kier alpha value is -3.56. The number of nitrogens with one attached hydrogen (secondary N) is 2. The topological polar surface area (TPSA) is 88.8 Å². The molecule has 0 bridgehead atoms. The molecule has 0 aliphatic carbocycles. The van der Waals surface area contributed by atoms with Crippen molar-refractivity contribution in [2.75, 3.05) is 39.3 Å². The third-order valence-corrected chi connectivity index (χ3v) is 8.52. The molecule has 11 heteroatoms. The minimum absolute atomic E-state index is 0.0360. The smallest absolute Gasteiger partial charge is 0.317 e. The number of hydrogen-bond acceptors (Lipinski definition) is 3. The number of halogens is 3. The van der Waals surface area contributed by atoms with Crippen molar-refractivity contribution in [1.29, 1.82) is 0 Å². The lowest BCUT2D eigenvalue weighted by molar-refractivity contribution is -0.143. The van der Waals surface area contributed by atoms with E-state index in [2.05, 4.69) is 23.3 Å². The maximum atomic E-state index is 13.9. The van der Waals surface area contributed by atoms with E-state index in [-0.39, 0.29) is 42.4 Å². The molecule has 1 atom stereocenters. The third kappa shape index (κ3) is 8.33. The number of H-pyrrole nitrogens is 1. The summed E-state index contributed by atoms with van der Waals surface area (Å²) in [6.45, 7) is 6.82. The van der Waals surface area contributed by atoms with E-state index in [4.69, 9.17) is 23.2 Å². The number of unbranched alkanes of at least 4 members (excludes halogenated alkanes) is 1. The van der Waals surface area contributed by atoms with Gasteiger partial charge in [-0.15, -0.1) is 0 Å². The van der Waals surface area contributed by atoms with Crippen molar-refractivity contribution in [2.24, 2.45) is 5.41 Å². The van der Waals surface area contributed by atoms with Gasteiger partial charge in [-0.05, 0) is 61.0 Å². The van der Waals surface area contributed by atoms with Crippen molar-refractivity contribution in [3.63, 3.8) is 0 Å². The van der Waals surface area contributed by atoms with Gasteiger partial charge in [0.1, 0.15) is 5.82 Å². The second-order valence-corrected chi connectivity index (χ2v) is 12.1. The summed E-state index contributed by atoms with van der Waals surface area (Å²) < 4.78 is 13.9. The van der Waals surface area contributed by atoms with Crippen molar-refractivity contribution in [3.05, 3.63) is 82.2 Å². The maximum Gasteiger partial charge on any atom is 0.317 e. The van der Waals surface area contributed by atoms with Crippen LogP contribution in [0.25, 0.3) is 10.9 Å². The molecule has 0 saturated carbocycles. The Morgan fingerprint density at radius 2 is 1.77 bits per heavy atom. The highest BCUT2D eigenvalue weighted by Crippen LogP contribution is 2.38. The molecule has 1 aromatic heterocycles. The van der Waals surface area contributed by atoms with E-state index in [0.717, 1.165) is 23.4 Å². The summed E-state index contributed by atoms with van der Waals surface area (Å²) in [6, 6.07) is 12.2. The summed E-state index contributed by atoms with van der Waals surface area (Å²) >= 11 is 11.5. The van der Waals surface area contributed by atoms with Crippen LogP contribution in [0.15, 0.2) is 60.8 Å². The summed E-state index contributed by atoms with van der Waals surface area (Å²) in [6.07, 6.45) is 8.48. The van der Waals surface area contributed by atoms with Crippen molar-refractivity contribution in [2.45, 2.75) is 46.1 Å². The normalized spacial score (nSPS) is 18.6. The standard InChI is InChI=1S/C25H34ClFN4O3.C8H6ClN/c1-3-5-6-7-10-25(23(33)29-11-13-30(14-12-29)24(34)28-4-2)16-22(32)31(18-25)17-19-8-9-20(26)21(27)15-19;9-7-2-1-6-3-4-10-8(6)5-7/h6-9,15H,3-5,10-14,16-18H2,1-2H3,(H,28,34);1-5,10H/b7-6+;. The lowest BCUT2D eigenvalue weighted by Crippen LogP contribution is -2.56. The second kappa shape index (κ2) is 15.4. The summed E-state index contributed by atoms with van der Waals surface area (Å²) in [7, 11) is 0. The van der Waals surface area contributed by atoms with Gasteiger partial charge in [-0.25, -0.2) is 9.18 Å². The van der Waals surface area contributed by atoms with Gasteiger partial charge in [0.15, 0.2) is 0 Å². The van der Waals surface area contributed by atoms with Crippen molar-refractivity contribution >= 4 is 52.0 Å². The first-order valence-electron chi connectivity index (χ1n) is 15.1. The largest absolute Gasteiger partial charge is 0.361 e. The lowest BCUT2D eigenvalue weighted by Gasteiger charge is -2.39. The number of carbonyl (C=O) groups is 3. The molecule has 1 unspecified atom stereocenters. The maximum absolute atomic E-state index is 13.9. The van der Waals surface area contributed by atoms with Gasteiger partial charge in [0.25, 0.3) is 0 Å². The van der Waals surface area contributed by atoms with Crippen LogP contribution in [0.3, 0.4) is 0 Å². The van der Waals surface area contributed by atoms with Crippen molar-refractivity contribution in [3.8, 4) is 0 Å². The van der Waals surface area contributed by atoms with E-state index in [1.807, 2.05) is 43.5 Å². The number of likely N-dealkylation sites (tertiary alicyclic amines) is 1. The van der Waals surface area contributed by atoms with Crippen LogP contribution < -0.4 is 5.32 Å². The highest BCUT2D eigenvalue weighted by molar-refractivity contribution is 6.31. The Kier molecular flexibility index (Phi) is 11.7. The molecule has 2 fully saturated rings. The Labute approximate surface area is 268 Å². The predicted molar refractivity (Wildman–Crippen MR) is 173 cm³/mol. The molecule has 2 aliphatic rings. The number of amides is 4. The fourth-order valence-electron chi connectivity index (χ4n) is 5.61. The number of fused-ring (bicyclic) bond motifs is 1. The number of rotatable bonds is 8. The van der Waals surface area contributed by atoms with Gasteiger partial charge in [-0.1, -0.05) is 60.8 Å². The first kappa shape index (κ1) is 33.3. The van der Waals surface area contributed by atoms with Crippen LogP contribution >= 0.6 is 23.2 Å². The Morgan fingerprint density at radius 3 is 2.48 bits per heavy atom. The number of allylic oxidation sites excluding steroid dienone is 2. The summed E-state index contributed by atoms with van der Waals surface area (Å²) in [5, 5.41) is 4.80. The molecule has 3 aromatic rings. The number of benzene rings is 2. The molecule has 0 radical (unpaired) electrons. The number of nitrogens with zero attached hydrogens (tertiary/aromatic N) is 3. The van der Waals surface area contributed by atoms with Crippen molar-refractivity contribution in [1.82, 2.24) is 25.0 Å². The number of urea groups is 1. The molecular formula is C33H40Cl2FN5O3. The fourth-order valence-corrected chi connectivity index (χ4v) is 5.89. The second-order valence-electron chi connectivity index (χ2n) is 11.2. The highest BCUT2D eigenvalue weighted by Gasteiger charge is 2.50. The van der Waals surface area contributed by atoms with Gasteiger partial charge in [0.2, 0.25) is 11.8 Å². The number of hydrogen-bond donors (Lipinski definition) is 2. The first-order chi connectivity index (χ1) is 21.2. The van der Waals surface area contributed by atoms with Crippen LogP contribution in [-0.4, -0.2) is 76.8 Å². The van der Waals surface area contributed by atoms with Gasteiger partial charge in [0.05, 0.1) is 10.4 Å². The van der Waals surface area contributed by atoms with E-state index in [1.165, 1.54) is 17.5 Å². The average molecular weight is 645 g/mol. The van der Waals surface area contributed by atoms with Crippen LogP contribution in [-0.2, 0) is 16.1 Å². The highest BCUT2D eigenvalue weighted by atomic mass is 35.5. The number of aromatic amines is 1. The van der Waals surface area contributed by atoms with Crippen LogP contribution in [0.5, 0.6) is 0 Å². The van der Waals surface area contributed by atoms with Gasteiger partial charge in [0, 0.05) is 69.0 Å². The van der Waals surface area contributed by atoms with E-state index < -0.39 is 11.2 Å². The molecule has 4 amide bonds. The molecule has 0 spiro atoms.